The van der Waals surface area contributed by atoms with Gasteiger partial charge in [-0.05, 0) is 35.3 Å². The van der Waals surface area contributed by atoms with Crippen LogP contribution in [-0.2, 0) is 17.8 Å². The minimum absolute atomic E-state index is 0.0586. The van der Waals surface area contributed by atoms with Crippen molar-refractivity contribution < 1.29 is 19.4 Å². The second-order valence-corrected chi connectivity index (χ2v) is 9.17. The molecular weight excluding hydrogens is 396 g/mol. The smallest absolute Gasteiger partial charge is 0.339 e. The molecule has 1 amide bonds. The molecular formula is C20H22N2O4S2. The van der Waals surface area contributed by atoms with Crippen LogP contribution in [0.1, 0.15) is 51.9 Å². The maximum atomic E-state index is 12.2. The fourth-order valence-electron chi connectivity index (χ4n) is 3.03. The summed E-state index contributed by atoms with van der Waals surface area (Å²) in [5.41, 5.74) is 1.36. The van der Waals surface area contributed by atoms with Gasteiger partial charge in [0.25, 0.3) is 5.91 Å². The molecule has 0 spiro atoms. The fourth-order valence-corrected chi connectivity index (χ4v) is 4.44. The van der Waals surface area contributed by atoms with Crippen molar-refractivity contribution in [1.82, 2.24) is 5.32 Å². The molecule has 1 atom stereocenters. The lowest BCUT2D eigenvalue weighted by molar-refractivity contribution is -0.0360. The van der Waals surface area contributed by atoms with Crippen LogP contribution in [0, 0.1) is 5.41 Å². The first kappa shape index (κ1) is 20.4. The van der Waals surface area contributed by atoms with Crippen molar-refractivity contribution in [2.45, 2.75) is 39.9 Å². The summed E-state index contributed by atoms with van der Waals surface area (Å²) in [6.07, 6.45) is 0.465. The molecule has 3 N–H and O–H groups in total. The van der Waals surface area contributed by atoms with Crippen molar-refractivity contribution in [3.05, 3.63) is 51.9 Å². The maximum absolute atomic E-state index is 12.2. The Labute approximate surface area is 172 Å². The lowest BCUT2D eigenvalue weighted by Crippen LogP contribution is -2.35. The summed E-state index contributed by atoms with van der Waals surface area (Å²) in [7, 11) is 0. The Bertz CT molecular complexity index is 916. The van der Waals surface area contributed by atoms with Crippen LogP contribution in [0.25, 0.3) is 0 Å². The van der Waals surface area contributed by atoms with Crippen molar-refractivity contribution in [1.29, 1.82) is 0 Å². The van der Waals surface area contributed by atoms with Crippen molar-refractivity contribution in [2.24, 2.45) is 5.41 Å². The van der Waals surface area contributed by atoms with Crippen molar-refractivity contribution in [2.75, 3.05) is 5.32 Å². The zero-order valence-corrected chi connectivity index (χ0v) is 17.5. The van der Waals surface area contributed by atoms with Gasteiger partial charge in [0.2, 0.25) is 0 Å². The van der Waals surface area contributed by atoms with E-state index in [4.69, 9.17) is 17.0 Å². The van der Waals surface area contributed by atoms with E-state index in [9.17, 15) is 14.7 Å². The van der Waals surface area contributed by atoms with E-state index in [1.165, 1.54) is 11.3 Å². The second kappa shape index (κ2) is 7.98. The number of fused-ring (bicyclic) bond motifs is 1. The van der Waals surface area contributed by atoms with Crippen molar-refractivity contribution in [3.63, 3.8) is 0 Å². The van der Waals surface area contributed by atoms with Gasteiger partial charge < -0.3 is 15.2 Å². The first-order valence-electron chi connectivity index (χ1n) is 8.83. The normalized spacial score (nSPS) is 16.2. The van der Waals surface area contributed by atoms with E-state index in [2.05, 4.69) is 31.4 Å². The molecule has 0 saturated heterocycles. The Morgan fingerprint density at radius 1 is 1.25 bits per heavy atom. The van der Waals surface area contributed by atoms with E-state index < -0.39 is 5.97 Å². The lowest BCUT2D eigenvalue weighted by atomic mass is 9.83. The van der Waals surface area contributed by atoms with E-state index >= 15 is 0 Å². The summed E-state index contributed by atoms with van der Waals surface area (Å²) in [5.74, 6) is -1.38. The fraction of sp³-hybridized carbons (Fsp3) is 0.350. The van der Waals surface area contributed by atoms with Crippen LogP contribution in [0.5, 0.6) is 0 Å². The van der Waals surface area contributed by atoms with Crippen molar-refractivity contribution >= 4 is 45.5 Å². The highest BCUT2D eigenvalue weighted by Crippen LogP contribution is 2.41. The number of thiocarbonyl (C=S) groups is 1. The number of aromatic carboxylic acids is 1. The minimum Gasteiger partial charge on any atom is -0.478 e. The first-order valence-corrected chi connectivity index (χ1v) is 10.1. The average molecular weight is 419 g/mol. The maximum Gasteiger partial charge on any atom is 0.339 e. The number of hydrogen-bond donors (Lipinski definition) is 3. The summed E-state index contributed by atoms with van der Waals surface area (Å²) in [5, 5.41) is 15.7. The van der Waals surface area contributed by atoms with Crippen molar-refractivity contribution in [3.8, 4) is 0 Å². The van der Waals surface area contributed by atoms with Crippen LogP contribution in [-0.4, -0.2) is 28.2 Å². The van der Waals surface area contributed by atoms with E-state index in [0.717, 1.165) is 10.4 Å². The number of ether oxygens (including phenoxy) is 1. The summed E-state index contributed by atoms with van der Waals surface area (Å²) in [6.45, 7) is 6.58. The van der Waals surface area contributed by atoms with Crippen LogP contribution in [0.15, 0.2) is 30.3 Å². The van der Waals surface area contributed by atoms with E-state index in [-0.39, 0.29) is 28.1 Å². The van der Waals surface area contributed by atoms with Gasteiger partial charge in [0, 0.05) is 16.9 Å². The van der Waals surface area contributed by atoms with Crippen LogP contribution in [0.2, 0.25) is 0 Å². The zero-order chi connectivity index (χ0) is 20.5. The number of anilines is 1. The van der Waals surface area contributed by atoms with Gasteiger partial charge in [-0.25, -0.2) is 4.79 Å². The molecule has 0 aliphatic carbocycles. The van der Waals surface area contributed by atoms with Gasteiger partial charge in [0.05, 0.1) is 18.3 Å². The monoisotopic (exact) mass is 418 g/mol. The molecule has 3 rings (SSSR count). The molecule has 0 fully saturated rings. The van der Waals surface area contributed by atoms with Gasteiger partial charge in [-0.15, -0.1) is 11.3 Å². The third-order valence-corrected chi connectivity index (χ3v) is 5.89. The number of carbonyl (C=O) groups excluding carboxylic acids is 1. The van der Waals surface area contributed by atoms with Gasteiger partial charge in [-0.1, -0.05) is 39.0 Å². The SMILES string of the molecule is CC(C)(C)C1Cc2c(sc(NC(=S)NC(=O)c3ccccc3)c2C(=O)O)CO1. The molecule has 1 aromatic heterocycles. The van der Waals surface area contributed by atoms with Gasteiger partial charge in [-0.2, -0.15) is 0 Å². The molecule has 1 aliphatic heterocycles. The Morgan fingerprint density at radius 2 is 1.93 bits per heavy atom. The predicted molar refractivity (Wildman–Crippen MR) is 113 cm³/mol. The van der Waals surface area contributed by atoms with Crippen LogP contribution >= 0.6 is 23.6 Å². The summed E-state index contributed by atoms with van der Waals surface area (Å²) in [6, 6.07) is 8.68. The Morgan fingerprint density at radius 3 is 2.54 bits per heavy atom. The zero-order valence-electron chi connectivity index (χ0n) is 15.9. The highest BCUT2D eigenvalue weighted by atomic mass is 32.1. The van der Waals surface area contributed by atoms with Gasteiger partial charge >= 0.3 is 5.97 Å². The molecule has 2 heterocycles. The number of amides is 1. The Hall–Kier alpha value is -2.29. The van der Waals surface area contributed by atoms with E-state index in [0.29, 0.717) is 23.6 Å². The number of benzene rings is 1. The third-order valence-electron chi connectivity index (χ3n) is 4.57. The van der Waals surface area contributed by atoms with E-state index in [1.807, 2.05) is 6.07 Å². The second-order valence-electron chi connectivity index (χ2n) is 7.66. The quantitative estimate of drug-likeness (QED) is 0.652. The number of nitrogens with one attached hydrogen (secondary N) is 2. The number of carboxylic acid groups (broad SMARTS) is 1. The standard InChI is InChI=1S/C20H22N2O4S2/c1-20(2,3)14-9-12-13(10-26-14)28-17(15(12)18(24)25)22-19(27)21-16(23)11-7-5-4-6-8-11/h4-8,14H,9-10H2,1-3H3,(H,24,25)(H2,21,22,23,27). The molecule has 6 nitrogen and oxygen atoms in total. The minimum atomic E-state index is -1.02. The highest BCUT2D eigenvalue weighted by molar-refractivity contribution is 7.80. The number of hydrogen-bond acceptors (Lipinski definition) is 5. The van der Waals surface area contributed by atoms with Gasteiger partial charge in [0.15, 0.2) is 5.11 Å². The topological polar surface area (TPSA) is 87.7 Å². The molecule has 1 unspecified atom stereocenters. The molecule has 0 saturated carbocycles. The molecule has 28 heavy (non-hydrogen) atoms. The van der Waals surface area contributed by atoms with E-state index in [1.54, 1.807) is 24.3 Å². The molecule has 2 aromatic rings. The molecule has 1 aliphatic rings. The molecule has 1 aromatic carbocycles. The molecule has 8 heteroatoms. The van der Waals surface area contributed by atoms with Gasteiger partial charge in [0.1, 0.15) is 5.00 Å². The number of carbonyl (C=O) groups is 2. The highest BCUT2D eigenvalue weighted by Gasteiger charge is 2.35. The predicted octanol–water partition coefficient (Wildman–Crippen LogP) is 4.06. The van der Waals surface area contributed by atoms with Gasteiger partial charge in [-0.3, -0.25) is 10.1 Å². The Kier molecular flexibility index (Phi) is 5.83. The number of carboxylic acids is 1. The average Bonchev–Trinajstić information content (AvgIpc) is 2.98. The first-order chi connectivity index (χ1) is 13.2. The summed E-state index contributed by atoms with van der Waals surface area (Å²) >= 11 is 6.52. The van der Waals surface area contributed by atoms with Crippen LogP contribution < -0.4 is 10.6 Å². The number of thiophene rings is 1. The molecule has 0 bridgehead atoms. The Balaban J connectivity index is 1.79. The summed E-state index contributed by atoms with van der Waals surface area (Å²) < 4.78 is 5.93. The van der Waals surface area contributed by atoms with Crippen LogP contribution in [0.4, 0.5) is 5.00 Å². The number of rotatable bonds is 3. The molecule has 148 valence electrons. The van der Waals surface area contributed by atoms with Crippen LogP contribution in [0.3, 0.4) is 0 Å². The third kappa shape index (κ3) is 4.40. The summed E-state index contributed by atoms with van der Waals surface area (Å²) in [4.78, 5) is 25.0. The largest absolute Gasteiger partial charge is 0.478 e. The molecule has 0 radical (unpaired) electrons. The lowest BCUT2D eigenvalue weighted by Gasteiger charge is -2.33.